The molecule has 0 bridgehead atoms. The molecule has 0 spiro atoms. The molecule has 23 heavy (non-hydrogen) atoms. The van der Waals surface area contributed by atoms with Gasteiger partial charge < -0.3 is 20.7 Å². The van der Waals surface area contributed by atoms with E-state index in [1.807, 2.05) is 0 Å². The van der Waals surface area contributed by atoms with Crippen LogP contribution in [-0.4, -0.2) is 51.2 Å². The maximum absolute atomic E-state index is 12.1. The summed E-state index contributed by atoms with van der Waals surface area (Å²) in [6.07, 6.45) is 0. The standard InChI is InChI=1S/C15H21Cl2N3O3/c1-10(14(21)19-7-6-18-8-9-23-2)20-15(22)11-4-3-5-12(16)13(11)17/h3-5,10,18H,6-9H2,1-2H3,(H,19,21)(H,20,22). The Morgan fingerprint density at radius 2 is 1.96 bits per heavy atom. The topological polar surface area (TPSA) is 79.5 Å². The first-order valence-electron chi connectivity index (χ1n) is 7.19. The Labute approximate surface area is 145 Å². The SMILES string of the molecule is COCCNCCNC(=O)C(C)NC(=O)c1cccc(Cl)c1Cl. The van der Waals surface area contributed by atoms with E-state index < -0.39 is 11.9 Å². The molecule has 0 radical (unpaired) electrons. The van der Waals surface area contributed by atoms with Crippen molar-refractivity contribution in [3.8, 4) is 0 Å². The molecule has 6 nitrogen and oxygen atoms in total. The number of rotatable bonds is 9. The van der Waals surface area contributed by atoms with Gasteiger partial charge in [0.1, 0.15) is 6.04 Å². The van der Waals surface area contributed by atoms with Crippen molar-refractivity contribution in [2.75, 3.05) is 33.4 Å². The van der Waals surface area contributed by atoms with E-state index in [0.29, 0.717) is 31.3 Å². The van der Waals surface area contributed by atoms with E-state index >= 15 is 0 Å². The summed E-state index contributed by atoms with van der Waals surface area (Å²) in [7, 11) is 1.62. The highest BCUT2D eigenvalue weighted by Crippen LogP contribution is 2.25. The molecule has 1 aromatic rings. The predicted molar refractivity (Wildman–Crippen MR) is 91.1 cm³/mol. The van der Waals surface area contributed by atoms with Gasteiger partial charge in [-0.2, -0.15) is 0 Å². The molecule has 0 aliphatic rings. The quantitative estimate of drug-likeness (QED) is 0.581. The molecule has 1 unspecified atom stereocenters. The van der Waals surface area contributed by atoms with Gasteiger partial charge in [0.25, 0.3) is 5.91 Å². The smallest absolute Gasteiger partial charge is 0.253 e. The maximum atomic E-state index is 12.1. The highest BCUT2D eigenvalue weighted by atomic mass is 35.5. The molecule has 3 N–H and O–H groups in total. The van der Waals surface area contributed by atoms with Crippen LogP contribution in [0.1, 0.15) is 17.3 Å². The molecule has 2 amide bonds. The number of nitrogens with one attached hydrogen (secondary N) is 3. The number of amides is 2. The summed E-state index contributed by atoms with van der Waals surface area (Å²) in [5.41, 5.74) is 0.236. The predicted octanol–water partition coefficient (Wildman–Crippen LogP) is 1.46. The molecule has 0 aromatic heterocycles. The average Bonchev–Trinajstić information content (AvgIpc) is 2.52. The molecule has 0 aliphatic heterocycles. The maximum Gasteiger partial charge on any atom is 0.253 e. The van der Waals surface area contributed by atoms with Gasteiger partial charge in [0.15, 0.2) is 0 Å². The first kappa shape index (κ1) is 19.7. The van der Waals surface area contributed by atoms with Crippen molar-refractivity contribution >= 4 is 35.0 Å². The van der Waals surface area contributed by atoms with E-state index in [0.717, 1.165) is 0 Å². The molecular formula is C15H21Cl2N3O3. The van der Waals surface area contributed by atoms with Crippen LogP contribution in [0.2, 0.25) is 10.0 Å². The Morgan fingerprint density at radius 1 is 1.22 bits per heavy atom. The molecule has 1 rings (SSSR count). The second-order valence-electron chi connectivity index (χ2n) is 4.83. The average molecular weight is 362 g/mol. The number of methoxy groups -OCH3 is 1. The lowest BCUT2D eigenvalue weighted by atomic mass is 10.2. The fraction of sp³-hybridized carbons (Fsp3) is 0.467. The van der Waals surface area contributed by atoms with Crippen LogP contribution in [0.5, 0.6) is 0 Å². The van der Waals surface area contributed by atoms with E-state index in [9.17, 15) is 9.59 Å². The largest absolute Gasteiger partial charge is 0.383 e. The number of carbonyl (C=O) groups is 2. The molecule has 0 saturated heterocycles. The van der Waals surface area contributed by atoms with Gasteiger partial charge in [0, 0.05) is 26.7 Å². The van der Waals surface area contributed by atoms with Crippen molar-refractivity contribution in [3.05, 3.63) is 33.8 Å². The number of benzene rings is 1. The normalized spacial score (nSPS) is 11.8. The highest BCUT2D eigenvalue weighted by Gasteiger charge is 2.18. The van der Waals surface area contributed by atoms with Crippen LogP contribution >= 0.6 is 23.2 Å². The summed E-state index contributed by atoms with van der Waals surface area (Å²) in [4.78, 5) is 24.0. The minimum absolute atomic E-state index is 0.168. The van der Waals surface area contributed by atoms with E-state index in [4.69, 9.17) is 27.9 Å². The number of halogens is 2. The van der Waals surface area contributed by atoms with Crippen LogP contribution in [0.3, 0.4) is 0 Å². The third kappa shape index (κ3) is 6.74. The van der Waals surface area contributed by atoms with Gasteiger partial charge in [0.05, 0.1) is 22.2 Å². The first-order valence-corrected chi connectivity index (χ1v) is 7.95. The number of carbonyl (C=O) groups excluding carboxylic acids is 2. The highest BCUT2D eigenvalue weighted by molar-refractivity contribution is 6.43. The summed E-state index contributed by atoms with van der Waals surface area (Å²) in [5.74, 6) is -0.719. The zero-order valence-electron chi connectivity index (χ0n) is 13.1. The van der Waals surface area contributed by atoms with Gasteiger partial charge >= 0.3 is 0 Å². The molecule has 1 atom stereocenters. The Kier molecular flexibility index (Phi) is 8.94. The van der Waals surface area contributed by atoms with Crippen molar-refractivity contribution in [3.63, 3.8) is 0 Å². The summed E-state index contributed by atoms with van der Waals surface area (Å²) >= 11 is 11.9. The Balaban J connectivity index is 2.39. The molecular weight excluding hydrogens is 341 g/mol. The number of hydrogen-bond acceptors (Lipinski definition) is 4. The fourth-order valence-corrected chi connectivity index (χ4v) is 2.13. The van der Waals surface area contributed by atoms with Crippen molar-refractivity contribution in [2.24, 2.45) is 0 Å². The van der Waals surface area contributed by atoms with Gasteiger partial charge in [-0.3, -0.25) is 9.59 Å². The van der Waals surface area contributed by atoms with E-state index in [1.54, 1.807) is 32.2 Å². The van der Waals surface area contributed by atoms with Crippen LogP contribution in [0, 0.1) is 0 Å². The van der Waals surface area contributed by atoms with Gasteiger partial charge in [0.2, 0.25) is 5.91 Å². The Bertz CT molecular complexity index is 541. The van der Waals surface area contributed by atoms with E-state index in [2.05, 4.69) is 16.0 Å². The van der Waals surface area contributed by atoms with Gasteiger partial charge in [-0.1, -0.05) is 29.3 Å². The molecule has 128 valence electrons. The lowest BCUT2D eigenvalue weighted by Gasteiger charge is -2.15. The lowest BCUT2D eigenvalue weighted by molar-refractivity contribution is -0.122. The van der Waals surface area contributed by atoms with Crippen molar-refractivity contribution in [2.45, 2.75) is 13.0 Å². The van der Waals surface area contributed by atoms with Crippen LogP contribution < -0.4 is 16.0 Å². The van der Waals surface area contributed by atoms with Crippen molar-refractivity contribution in [1.82, 2.24) is 16.0 Å². The van der Waals surface area contributed by atoms with Crippen LogP contribution in [0.4, 0.5) is 0 Å². The minimum Gasteiger partial charge on any atom is -0.383 e. The van der Waals surface area contributed by atoms with Crippen LogP contribution in [0.15, 0.2) is 18.2 Å². The molecule has 8 heteroatoms. The summed E-state index contributed by atoms with van der Waals surface area (Å²) in [6, 6.07) is 4.08. The Hall–Kier alpha value is -1.34. The van der Waals surface area contributed by atoms with Crippen molar-refractivity contribution < 1.29 is 14.3 Å². The third-order valence-corrected chi connectivity index (χ3v) is 3.84. The first-order chi connectivity index (χ1) is 11.0. The summed E-state index contributed by atoms with van der Waals surface area (Å²) < 4.78 is 4.89. The van der Waals surface area contributed by atoms with Gasteiger partial charge in [-0.25, -0.2) is 0 Å². The van der Waals surface area contributed by atoms with Gasteiger partial charge in [-0.15, -0.1) is 0 Å². The van der Waals surface area contributed by atoms with Gasteiger partial charge in [-0.05, 0) is 19.1 Å². The molecule has 0 saturated carbocycles. The number of ether oxygens (including phenoxy) is 1. The minimum atomic E-state index is -0.684. The second kappa shape index (κ2) is 10.4. The second-order valence-corrected chi connectivity index (χ2v) is 5.62. The van der Waals surface area contributed by atoms with Crippen LogP contribution in [0.25, 0.3) is 0 Å². The third-order valence-electron chi connectivity index (χ3n) is 3.02. The monoisotopic (exact) mass is 361 g/mol. The zero-order chi connectivity index (χ0) is 17.2. The Morgan fingerprint density at radius 3 is 2.65 bits per heavy atom. The summed E-state index contributed by atoms with van der Waals surface area (Å²) in [5, 5.41) is 8.88. The van der Waals surface area contributed by atoms with Crippen LogP contribution in [-0.2, 0) is 9.53 Å². The zero-order valence-corrected chi connectivity index (χ0v) is 14.6. The fourth-order valence-electron chi connectivity index (χ4n) is 1.75. The molecule has 0 aliphatic carbocycles. The van der Waals surface area contributed by atoms with Crippen molar-refractivity contribution in [1.29, 1.82) is 0 Å². The van der Waals surface area contributed by atoms with E-state index in [-0.39, 0.29) is 16.5 Å². The summed E-state index contributed by atoms with van der Waals surface area (Å²) in [6.45, 7) is 4.01. The molecule has 0 fully saturated rings. The van der Waals surface area contributed by atoms with E-state index in [1.165, 1.54) is 0 Å². The number of hydrogen-bond donors (Lipinski definition) is 3. The molecule has 0 heterocycles. The lowest BCUT2D eigenvalue weighted by Crippen LogP contribution is -2.46. The molecule has 1 aromatic carbocycles.